The van der Waals surface area contributed by atoms with Crippen molar-refractivity contribution >= 4 is 50.6 Å². The molecule has 2 aromatic carbocycles. The fourth-order valence-corrected chi connectivity index (χ4v) is 3.42. The minimum atomic E-state index is -0.395. The van der Waals surface area contributed by atoms with Gasteiger partial charge in [0.05, 0.1) is 11.6 Å². The Bertz CT molecular complexity index is 841. The summed E-state index contributed by atoms with van der Waals surface area (Å²) in [5, 5.41) is 2.69. The van der Waals surface area contributed by atoms with E-state index in [-0.39, 0.29) is 16.8 Å². The molecule has 0 radical (unpaired) electrons. The lowest BCUT2D eigenvalue weighted by Crippen LogP contribution is -2.33. The number of benzene rings is 2. The predicted molar refractivity (Wildman–Crippen MR) is 96.8 cm³/mol. The van der Waals surface area contributed by atoms with Crippen molar-refractivity contribution in [2.45, 2.75) is 0 Å². The molecule has 122 valence electrons. The van der Waals surface area contributed by atoms with Crippen molar-refractivity contribution in [1.29, 1.82) is 0 Å². The third-order valence-corrected chi connectivity index (χ3v) is 4.92. The quantitative estimate of drug-likeness (QED) is 0.747. The Kier molecular flexibility index (Phi) is 5.01. The summed E-state index contributed by atoms with van der Waals surface area (Å²) in [6.45, 7) is 0.0633. The molecule has 24 heavy (non-hydrogen) atoms. The number of carbonyl (C=O) groups is 2. The van der Waals surface area contributed by atoms with Gasteiger partial charge in [0.2, 0.25) is 0 Å². The van der Waals surface area contributed by atoms with Crippen molar-refractivity contribution in [3.05, 3.63) is 69.3 Å². The molecular weight excluding hydrogens is 395 g/mol. The molecule has 0 aromatic heterocycles. The molecule has 2 aromatic rings. The first kappa shape index (κ1) is 16.7. The van der Waals surface area contributed by atoms with Crippen molar-refractivity contribution in [3.63, 3.8) is 0 Å². The van der Waals surface area contributed by atoms with Crippen LogP contribution in [0.1, 0.15) is 5.56 Å². The molecular formula is C17H12BrFN2O2S. The van der Waals surface area contributed by atoms with Gasteiger partial charge in [0.25, 0.3) is 11.1 Å². The fourth-order valence-electron chi connectivity index (χ4n) is 2.15. The van der Waals surface area contributed by atoms with Crippen LogP contribution in [0, 0.1) is 5.82 Å². The van der Waals surface area contributed by atoms with Crippen LogP contribution in [0.2, 0.25) is 0 Å². The highest BCUT2D eigenvalue weighted by Gasteiger charge is 2.34. The van der Waals surface area contributed by atoms with E-state index in [2.05, 4.69) is 21.2 Å². The predicted octanol–water partition coefficient (Wildman–Crippen LogP) is 4.69. The zero-order chi connectivity index (χ0) is 17.1. The van der Waals surface area contributed by atoms with E-state index >= 15 is 0 Å². The Morgan fingerprint density at radius 2 is 1.96 bits per heavy atom. The molecule has 0 saturated carbocycles. The Hall–Kier alpha value is -2.12. The second-order valence-corrected chi connectivity index (χ2v) is 6.83. The third kappa shape index (κ3) is 3.68. The van der Waals surface area contributed by atoms with E-state index in [0.29, 0.717) is 5.56 Å². The second-order valence-electron chi connectivity index (χ2n) is 4.98. The van der Waals surface area contributed by atoms with Crippen LogP contribution in [0.4, 0.5) is 14.9 Å². The molecule has 0 spiro atoms. The number of imide groups is 1. The van der Waals surface area contributed by atoms with Crippen LogP contribution in [0.25, 0.3) is 6.08 Å². The SMILES string of the molecule is O=C1S/C(=C\c2cccc(F)c2)C(=O)N1CNc1ccccc1Br. The smallest absolute Gasteiger partial charge is 0.295 e. The van der Waals surface area contributed by atoms with Crippen molar-refractivity contribution in [1.82, 2.24) is 4.90 Å². The molecule has 1 aliphatic heterocycles. The van der Waals surface area contributed by atoms with Crippen LogP contribution in [-0.4, -0.2) is 22.7 Å². The van der Waals surface area contributed by atoms with E-state index in [4.69, 9.17) is 0 Å². The first-order chi connectivity index (χ1) is 11.5. The lowest BCUT2D eigenvalue weighted by Gasteiger charge is -2.15. The van der Waals surface area contributed by atoms with Crippen LogP contribution in [0.3, 0.4) is 0 Å². The Morgan fingerprint density at radius 3 is 2.71 bits per heavy atom. The monoisotopic (exact) mass is 406 g/mol. The zero-order valence-corrected chi connectivity index (χ0v) is 14.7. The summed E-state index contributed by atoms with van der Waals surface area (Å²) in [6, 6.07) is 13.3. The van der Waals surface area contributed by atoms with E-state index in [0.717, 1.165) is 26.8 Å². The van der Waals surface area contributed by atoms with Crippen LogP contribution < -0.4 is 5.32 Å². The molecule has 1 fully saturated rings. The Balaban J connectivity index is 1.73. The summed E-state index contributed by atoms with van der Waals surface area (Å²) in [6.07, 6.45) is 1.52. The summed E-state index contributed by atoms with van der Waals surface area (Å²) in [4.78, 5) is 25.8. The topological polar surface area (TPSA) is 49.4 Å². The Labute approximate surface area is 150 Å². The maximum absolute atomic E-state index is 13.2. The maximum atomic E-state index is 13.2. The highest BCUT2D eigenvalue weighted by atomic mass is 79.9. The average Bonchev–Trinajstić information content (AvgIpc) is 2.81. The molecule has 1 N–H and O–H groups in total. The lowest BCUT2D eigenvalue weighted by molar-refractivity contribution is -0.122. The van der Waals surface area contributed by atoms with Gasteiger partial charge in [-0.1, -0.05) is 24.3 Å². The van der Waals surface area contributed by atoms with Gasteiger partial charge in [0.1, 0.15) is 5.82 Å². The van der Waals surface area contributed by atoms with Crippen LogP contribution in [0.5, 0.6) is 0 Å². The summed E-state index contributed by atoms with van der Waals surface area (Å²) in [5.41, 5.74) is 1.32. The summed E-state index contributed by atoms with van der Waals surface area (Å²) in [7, 11) is 0. The highest BCUT2D eigenvalue weighted by molar-refractivity contribution is 9.10. The van der Waals surface area contributed by atoms with Gasteiger partial charge < -0.3 is 5.32 Å². The van der Waals surface area contributed by atoms with E-state index in [1.165, 1.54) is 18.2 Å². The number of nitrogens with zero attached hydrogens (tertiary/aromatic N) is 1. The number of anilines is 1. The molecule has 3 rings (SSSR count). The van der Waals surface area contributed by atoms with Crippen LogP contribution >= 0.6 is 27.7 Å². The van der Waals surface area contributed by atoms with Crippen molar-refractivity contribution in [3.8, 4) is 0 Å². The summed E-state index contributed by atoms with van der Waals surface area (Å²) in [5.74, 6) is -0.785. The molecule has 2 amide bonds. The highest BCUT2D eigenvalue weighted by Crippen LogP contribution is 2.32. The molecule has 0 aliphatic carbocycles. The molecule has 0 atom stereocenters. The minimum Gasteiger partial charge on any atom is -0.366 e. The molecule has 1 saturated heterocycles. The fraction of sp³-hybridized carbons (Fsp3) is 0.0588. The number of carbonyl (C=O) groups excluding carboxylic acids is 2. The number of rotatable bonds is 4. The zero-order valence-electron chi connectivity index (χ0n) is 12.3. The van der Waals surface area contributed by atoms with Crippen LogP contribution in [0.15, 0.2) is 57.9 Å². The number of hydrogen-bond donors (Lipinski definition) is 1. The van der Waals surface area contributed by atoms with Gasteiger partial charge in [-0.25, -0.2) is 4.39 Å². The van der Waals surface area contributed by atoms with Crippen molar-refractivity contribution in [2.75, 3.05) is 12.0 Å². The number of hydrogen-bond acceptors (Lipinski definition) is 4. The summed E-state index contributed by atoms with van der Waals surface area (Å²) >= 11 is 4.24. The van der Waals surface area contributed by atoms with Gasteiger partial charge in [-0.05, 0) is 63.6 Å². The first-order valence-electron chi connectivity index (χ1n) is 7.04. The number of thioether (sulfide) groups is 1. The molecule has 1 heterocycles. The largest absolute Gasteiger partial charge is 0.366 e. The van der Waals surface area contributed by atoms with E-state index in [9.17, 15) is 14.0 Å². The maximum Gasteiger partial charge on any atom is 0.295 e. The first-order valence-corrected chi connectivity index (χ1v) is 8.65. The van der Waals surface area contributed by atoms with Gasteiger partial charge in [-0.2, -0.15) is 0 Å². The standard InChI is InChI=1S/C17H12BrFN2O2S/c18-13-6-1-2-7-14(13)20-10-21-16(22)15(24-17(21)23)9-11-4-3-5-12(19)8-11/h1-9,20H,10H2/b15-9-. The number of halogens is 2. The van der Waals surface area contributed by atoms with Gasteiger partial charge >= 0.3 is 0 Å². The van der Waals surface area contributed by atoms with Gasteiger partial charge in [-0.15, -0.1) is 0 Å². The third-order valence-electron chi connectivity index (χ3n) is 3.32. The number of nitrogens with one attached hydrogen (secondary N) is 1. The van der Waals surface area contributed by atoms with Crippen LogP contribution in [-0.2, 0) is 4.79 Å². The van der Waals surface area contributed by atoms with Gasteiger partial charge in [-0.3, -0.25) is 14.5 Å². The number of amides is 2. The minimum absolute atomic E-state index is 0.0633. The van der Waals surface area contributed by atoms with Gasteiger partial charge in [0, 0.05) is 10.2 Å². The van der Waals surface area contributed by atoms with Gasteiger partial charge in [0.15, 0.2) is 0 Å². The van der Waals surface area contributed by atoms with E-state index < -0.39 is 11.7 Å². The van der Waals surface area contributed by atoms with E-state index in [1.54, 1.807) is 12.1 Å². The van der Waals surface area contributed by atoms with Crippen molar-refractivity contribution in [2.24, 2.45) is 0 Å². The second kappa shape index (κ2) is 7.19. The molecule has 1 aliphatic rings. The number of para-hydroxylation sites is 1. The molecule has 0 unspecified atom stereocenters. The lowest BCUT2D eigenvalue weighted by atomic mass is 10.2. The molecule has 4 nitrogen and oxygen atoms in total. The summed E-state index contributed by atoms with van der Waals surface area (Å²) < 4.78 is 14.1. The van der Waals surface area contributed by atoms with Crippen molar-refractivity contribution < 1.29 is 14.0 Å². The normalized spacial score (nSPS) is 16.1. The molecule has 0 bridgehead atoms. The average molecular weight is 407 g/mol. The Morgan fingerprint density at radius 1 is 1.17 bits per heavy atom. The van der Waals surface area contributed by atoms with E-state index in [1.807, 2.05) is 24.3 Å². The molecule has 7 heteroatoms.